The van der Waals surface area contributed by atoms with E-state index in [1.54, 1.807) is 0 Å². The zero-order chi connectivity index (χ0) is 29.0. The van der Waals surface area contributed by atoms with Crippen LogP contribution in [0.25, 0.3) is 0 Å². The van der Waals surface area contributed by atoms with Gasteiger partial charge in [0, 0.05) is 0 Å². The fraction of sp³-hybridized carbons (Fsp3) is 0.917. The molecule has 0 saturated heterocycles. The van der Waals surface area contributed by atoms with E-state index in [-0.39, 0.29) is 18.3 Å². The van der Waals surface area contributed by atoms with Gasteiger partial charge in [0.15, 0.2) is 5.60 Å². The molecule has 7 nitrogen and oxygen atoms in total. The Balaban J connectivity index is 0.907. The number of hydrogen-bond acceptors (Lipinski definition) is 7. The van der Waals surface area contributed by atoms with Crippen LogP contribution in [0.2, 0.25) is 0 Å². The Morgan fingerprint density at radius 1 is 0.442 bits per heavy atom. The Morgan fingerprint density at radius 3 is 0.977 bits per heavy atom. The number of ether oxygens (including phenoxy) is 3. The Labute approximate surface area is 255 Å². The third kappa shape index (κ3) is 4.88. The van der Waals surface area contributed by atoms with E-state index in [2.05, 4.69) is 0 Å². The zero-order valence-corrected chi connectivity index (χ0v) is 25.6. The van der Waals surface area contributed by atoms with E-state index in [0.717, 1.165) is 113 Å². The maximum absolute atomic E-state index is 13.9. The fourth-order valence-corrected chi connectivity index (χ4v) is 13.5. The summed E-state index contributed by atoms with van der Waals surface area (Å²) in [6, 6.07) is 0. The minimum atomic E-state index is -2.26. The second-order valence-electron chi connectivity index (χ2n) is 17.5. The van der Waals surface area contributed by atoms with Crippen molar-refractivity contribution in [2.24, 2.45) is 71.0 Å². The second kappa shape index (κ2) is 10.2. The smallest absolute Gasteiger partial charge is 0.339 e. The van der Waals surface area contributed by atoms with Crippen molar-refractivity contribution < 1.29 is 33.7 Å². The third-order valence-corrected chi connectivity index (χ3v) is 14.5. The van der Waals surface area contributed by atoms with Crippen LogP contribution in [0.1, 0.15) is 109 Å². The molecule has 0 radical (unpaired) electrons. The van der Waals surface area contributed by atoms with Crippen LogP contribution in [0.3, 0.4) is 0 Å². The van der Waals surface area contributed by atoms with Crippen LogP contribution < -0.4 is 0 Å². The average molecular weight is 595 g/mol. The van der Waals surface area contributed by atoms with Crippen molar-refractivity contribution in [3.8, 4) is 0 Å². The molecule has 0 aromatic heterocycles. The van der Waals surface area contributed by atoms with Gasteiger partial charge in [0.25, 0.3) is 0 Å². The normalized spacial score (nSPS) is 50.9. The van der Waals surface area contributed by atoms with E-state index in [1.165, 1.54) is 19.3 Å². The number of carbonyl (C=O) groups excluding carboxylic acids is 3. The van der Waals surface area contributed by atoms with Gasteiger partial charge in [-0.05, 0) is 167 Å². The Bertz CT molecular complexity index is 1020. The van der Waals surface area contributed by atoms with E-state index in [9.17, 15) is 19.5 Å². The molecular weight excluding hydrogens is 544 g/mol. The van der Waals surface area contributed by atoms with Gasteiger partial charge in [-0.3, -0.25) is 9.59 Å². The molecule has 1 N–H and O–H groups in total. The molecule has 0 amide bonds. The minimum Gasteiger partial charge on any atom is -0.462 e. The van der Waals surface area contributed by atoms with Gasteiger partial charge < -0.3 is 19.3 Å². The molecular formula is C36H50O7. The van der Waals surface area contributed by atoms with Gasteiger partial charge in [-0.2, -0.15) is 0 Å². The fourth-order valence-electron chi connectivity index (χ4n) is 13.5. The monoisotopic (exact) mass is 594 g/mol. The predicted octanol–water partition coefficient (Wildman–Crippen LogP) is 5.60. The first-order chi connectivity index (χ1) is 20.7. The lowest BCUT2D eigenvalue weighted by Gasteiger charge is -2.54. The summed E-state index contributed by atoms with van der Waals surface area (Å²) in [5.74, 6) is 4.67. The Hall–Kier alpha value is -1.63. The molecule has 0 unspecified atom stereocenters. The van der Waals surface area contributed by atoms with Crippen LogP contribution in [0.15, 0.2) is 0 Å². The quantitative estimate of drug-likeness (QED) is 0.288. The molecule has 0 heterocycles. The number of carbonyl (C=O) groups is 3. The first-order valence-electron chi connectivity index (χ1n) is 18.1. The second-order valence-corrected chi connectivity index (χ2v) is 17.5. The van der Waals surface area contributed by atoms with Crippen LogP contribution in [0, 0.1) is 71.0 Å². The van der Waals surface area contributed by atoms with Crippen molar-refractivity contribution in [2.45, 2.75) is 133 Å². The Kier molecular flexibility index (Phi) is 6.55. The lowest BCUT2D eigenvalue weighted by Crippen LogP contribution is -2.54. The summed E-state index contributed by atoms with van der Waals surface area (Å²) >= 11 is 0. The molecule has 0 aromatic rings. The third-order valence-electron chi connectivity index (χ3n) is 14.5. The molecule has 12 fully saturated rings. The molecule has 7 heteroatoms. The number of aliphatic hydroxyl groups is 1. The molecule has 12 saturated carbocycles. The molecule has 0 aliphatic heterocycles. The van der Waals surface area contributed by atoms with Gasteiger partial charge in [0.1, 0.15) is 18.3 Å². The summed E-state index contributed by atoms with van der Waals surface area (Å²) in [5.41, 5.74) is -2.26. The van der Waals surface area contributed by atoms with Crippen molar-refractivity contribution in [1.29, 1.82) is 0 Å². The largest absolute Gasteiger partial charge is 0.462 e. The maximum atomic E-state index is 13.9. The van der Waals surface area contributed by atoms with E-state index in [4.69, 9.17) is 14.2 Å². The van der Waals surface area contributed by atoms with Crippen LogP contribution in [-0.2, 0) is 28.6 Å². The summed E-state index contributed by atoms with van der Waals surface area (Å²) in [7, 11) is 0. The highest BCUT2D eigenvalue weighted by atomic mass is 16.6. The van der Waals surface area contributed by atoms with E-state index in [1.807, 2.05) is 0 Å². The molecule has 0 aromatic carbocycles. The van der Waals surface area contributed by atoms with Gasteiger partial charge in [-0.1, -0.05) is 0 Å². The topological polar surface area (TPSA) is 99.1 Å². The molecule has 236 valence electrons. The molecule has 0 atom stereocenters. The van der Waals surface area contributed by atoms with E-state index < -0.39 is 36.4 Å². The molecule has 12 aliphatic rings. The van der Waals surface area contributed by atoms with Crippen molar-refractivity contribution in [3.05, 3.63) is 0 Å². The maximum Gasteiger partial charge on any atom is 0.339 e. The lowest BCUT2D eigenvalue weighted by atomic mass is 9.55. The van der Waals surface area contributed by atoms with E-state index in [0.29, 0.717) is 35.5 Å². The van der Waals surface area contributed by atoms with Crippen molar-refractivity contribution in [2.75, 3.05) is 0 Å². The zero-order valence-electron chi connectivity index (χ0n) is 25.6. The molecule has 12 bridgehead atoms. The highest BCUT2D eigenvalue weighted by molar-refractivity contribution is 5.90. The summed E-state index contributed by atoms with van der Waals surface area (Å²) in [6.45, 7) is 0. The summed E-state index contributed by atoms with van der Waals surface area (Å²) in [5, 5.41) is 12.0. The van der Waals surface area contributed by atoms with Gasteiger partial charge in [-0.15, -0.1) is 0 Å². The molecule has 0 spiro atoms. The summed E-state index contributed by atoms with van der Waals surface area (Å²) < 4.78 is 18.4. The van der Waals surface area contributed by atoms with Crippen molar-refractivity contribution >= 4 is 17.9 Å². The van der Waals surface area contributed by atoms with Crippen LogP contribution in [0.5, 0.6) is 0 Å². The summed E-state index contributed by atoms with van der Waals surface area (Å²) in [6.07, 6.45) is 15.5. The molecule has 12 rings (SSSR count). The van der Waals surface area contributed by atoms with Crippen molar-refractivity contribution in [1.82, 2.24) is 0 Å². The lowest BCUT2D eigenvalue weighted by molar-refractivity contribution is -0.202. The predicted molar refractivity (Wildman–Crippen MR) is 155 cm³/mol. The van der Waals surface area contributed by atoms with Crippen LogP contribution >= 0.6 is 0 Å². The summed E-state index contributed by atoms with van der Waals surface area (Å²) in [4.78, 5) is 41.0. The van der Waals surface area contributed by atoms with Gasteiger partial charge in [0.05, 0.1) is 12.8 Å². The minimum absolute atomic E-state index is 0.134. The molecule has 12 aliphatic carbocycles. The van der Waals surface area contributed by atoms with Gasteiger partial charge in [-0.25, -0.2) is 4.79 Å². The first-order valence-corrected chi connectivity index (χ1v) is 18.1. The standard InChI is InChI=1S/C36H50O7/c37-30(41-32-24-4-18-1-19(6-24)7-25(32)5-18)16-36(40,35(39)43-34-28-12-22-3-23(14-28)15-29(34)13-22)17-31(38)42-33-26-8-20-2-21(10-26)11-27(33)9-20/h18-29,32-34,40H,1-17H2. The average Bonchev–Trinajstić information content (AvgIpc) is 2.93. The van der Waals surface area contributed by atoms with Gasteiger partial charge >= 0.3 is 17.9 Å². The van der Waals surface area contributed by atoms with Gasteiger partial charge in [0.2, 0.25) is 0 Å². The first kappa shape index (κ1) is 27.7. The SMILES string of the molecule is O=C(CC(O)(CC(=O)OC1C2CC3CC(C2)CC1C3)C(=O)OC1C2CC3CC(C2)CC1C3)OC1C2CC3CC(C2)CC1C3. The Morgan fingerprint density at radius 2 is 0.698 bits per heavy atom. The number of rotatable bonds is 8. The van der Waals surface area contributed by atoms with Crippen molar-refractivity contribution in [3.63, 3.8) is 0 Å². The van der Waals surface area contributed by atoms with Crippen LogP contribution in [0.4, 0.5) is 0 Å². The number of hydrogen-bond donors (Lipinski definition) is 1. The number of esters is 3. The highest BCUT2D eigenvalue weighted by Gasteiger charge is 2.55. The highest BCUT2D eigenvalue weighted by Crippen LogP contribution is 2.57. The van der Waals surface area contributed by atoms with Crippen LogP contribution in [-0.4, -0.2) is 46.9 Å². The van der Waals surface area contributed by atoms with E-state index >= 15 is 0 Å². The molecule has 43 heavy (non-hydrogen) atoms.